The first kappa shape index (κ1) is 25.8. The minimum absolute atomic E-state index is 0.210. The maximum Gasteiger partial charge on any atom is 0.338 e. The van der Waals surface area contributed by atoms with Crippen LogP contribution in [0.25, 0.3) is 0 Å². The highest BCUT2D eigenvalue weighted by molar-refractivity contribution is 6.42. The molecule has 4 rings (SSSR count). The average Bonchev–Trinajstić information content (AvgIpc) is 3.57. The second kappa shape index (κ2) is 12.6. The molecule has 0 aliphatic carbocycles. The largest absolute Gasteiger partial charge is 0.460 e. The fourth-order valence-electron chi connectivity index (χ4n) is 4.43. The Bertz CT molecular complexity index is 1010. The van der Waals surface area contributed by atoms with Crippen molar-refractivity contribution in [2.75, 3.05) is 44.6 Å². The van der Waals surface area contributed by atoms with Gasteiger partial charge in [0, 0.05) is 31.4 Å². The van der Waals surface area contributed by atoms with Crippen molar-refractivity contribution < 1.29 is 14.3 Å². The van der Waals surface area contributed by atoms with E-state index in [0.29, 0.717) is 41.0 Å². The highest BCUT2D eigenvalue weighted by Gasteiger charge is 2.19. The third kappa shape index (κ3) is 7.58. The highest BCUT2D eigenvalue weighted by atomic mass is 35.5. The molecule has 7 nitrogen and oxygen atoms in total. The summed E-state index contributed by atoms with van der Waals surface area (Å²) in [5, 5.41) is 7.22. The van der Waals surface area contributed by atoms with Crippen LogP contribution in [-0.4, -0.2) is 67.2 Å². The third-order valence-corrected chi connectivity index (χ3v) is 7.22. The Kier molecular flexibility index (Phi) is 9.26. The van der Waals surface area contributed by atoms with Crippen LogP contribution in [0.3, 0.4) is 0 Å². The van der Waals surface area contributed by atoms with Crippen LogP contribution in [-0.2, 0) is 11.3 Å². The summed E-state index contributed by atoms with van der Waals surface area (Å²) in [6, 6.07) is 12.2. The second-order valence-electron chi connectivity index (χ2n) is 9.12. The molecule has 0 radical (unpaired) electrons. The summed E-state index contributed by atoms with van der Waals surface area (Å²) < 4.78 is 5.41. The molecule has 2 amide bonds. The Morgan fingerprint density at radius 3 is 2.51 bits per heavy atom. The Morgan fingerprint density at radius 1 is 1.06 bits per heavy atom. The minimum Gasteiger partial charge on any atom is -0.460 e. The number of halogens is 2. The predicted molar refractivity (Wildman–Crippen MR) is 139 cm³/mol. The van der Waals surface area contributed by atoms with Crippen LogP contribution < -0.4 is 10.6 Å². The van der Waals surface area contributed by atoms with E-state index in [1.165, 1.54) is 12.8 Å². The van der Waals surface area contributed by atoms with E-state index in [0.717, 1.165) is 44.6 Å². The minimum atomic E-state index is -0.358. The molecule has 1 unspecified atom stereocenters. The van der Waals surface area contributed by atoms with Crippen molar-refractivity contribution in [1.29, 1.82) is 0 Å². The van der Waals surface area contributed by atoms with Crippen LogP contribution in [0.1, 0.15) is 41.6 Å². The summed E-state index contributed by atoms with van der Waals surface area (Å²) in [6.07, 6.45) is 4.53. The lowest BCUT2D eigenvalue weighted by Gasteiger charge is -2.26. The van der Waals surface area contributed by atoms with Gasteiger partial charge in [-0.3, -0.25) is 0 Å². The molecule has 1 atom stereocenters. The summed E-state index contributed by atoms with van der Waals surface area (Å²) in [4.78, 5) is 29.7. The number of hydrogen-bond acceptors (Lipinski definition) is 5. The molecule has 2 aliphatic rings. The third-order valence-electron chi connectivity index (χ3n) is 6.48. The van der Waals surface area contributed by atoms with E-state index in [1.807, 2.05) is 6.07 Å². The van der Waals surface area contributed by atoms with Gasteiger partial charge < -0.3 is 25.2 Å². The van der Waals surface area contributed by atoms with Gasteiger partial charge in [-0.05, 0) is 87.3 Å². The summed E-state index contributed by atoms with van der Waals surface area (Å²) in [7, 11) is 0. The lowest BCUT2D eigenvalue weighted by atomic mass is 10.2. The van der Waals surface area contributed by atoms with E-state index in [4.69, 9.17) is 27.9 Å². The molecule has 0 spiro atoms. The average molecular weight is 519 g/mol. The molecular weight excluding hydrogens is 487 g/mol. The number of likely N-dealkylation sites (tertiary alicyclic amines) is 1. The molecule has 2 fully saturated rings. The molecule has 2 N–H and O–H groups in total. The van der Waals surface area contributed by atoms with E-state index in [9.17, 15) is 9.59 Å². The van der Waals surface area contributed by atoms with Gasteiger partial charge in [-0.2, -0.15) is 0 Å². The van der Waals surface area contributed by atoms with Gasteiger partial charge in [0.25, 0.3) is 0 Å². The van der Waals surface area contributed by atoms with Gasteiger partial charge in [-0.15, -0.1) is 0 Å². The van der Waals surface area contributed by atoms with Gasteiger partial charge in [0.05, 0.1) is 15.6 Å². The standard InChI is InChI=1S/C26H32Cl2N4O3/c27-23-10-5-19(16-24(23)28)17-32(15-14-31-12-1-2-13-31)26(34)30-21-8-6-20(7-9-21)25(33)35-18-22-4-3-11-29-22/h5-10,16,22,29H,1-4,11-15,17-18H2,(H,30,34). The lowest BCUT2D eigenvalue weighted by molar-refractivity contribution is 0.0473. The van der Waals surface area contributed by atoms with Crippen molar-refractivity contribution in [3.05, 3.63) is 63.6 Å². The summed E-state index contributed by atoms with van der Waals surface area (Å²) in [6.45, 7) is 5.29. The monoisotopic (exact) mass is 518 g/mol. The smallest absolute Gasteiger partial charge is 0.338 e. The predicted octanol–water partition coefficient (Wildman–Crippen LogP) is 5.03. The molecule has 2 aromatic rings. The van der Waals surface area contributed by atoms with Crippen molar-refractivity contribution in [3.63, 3.8) is 0 Å². The number of carbonyl (C=O) groups is 2. The fourth-order valence-corrected chi connectivity index (χ4v) is 4.75. The van der Waals surface area contributed by atoms with Crippen LogP contribution in [0.15, 0.2) is 42.5 Å². The second-order valence-corrected chi connectivity index (χ2v) is 9.93. The quantitative estimate of drug-likeness (QED) is 0.455. The first-order valence-corrected chi connectivity index (χ1v) is 13.0. The Hall–Kier alpha value is -2.32. The number of rotatable bonds is 9. The van der Waals surface area contributed by atoms with E-state index in [2.05, 4.69) is 15.5 Å². The van der Waals surface area contributed by atoms with Crippen LogP contribution in [0, 0.1) is 0 Å². The first-order valence-electron chi connectivity index (χ1n) is 12.2. The van der Waals surface area contributed by atoms with Crippen LogP contribution >= 0.6 is 23.2 Å². The number of esters is 1. The Morgan fingerprint density at radius 2 is 1.83 bits per heavy atom. The van der Waals surface area contributed by atoms with Crippen molar-refractivity contribution in [2.45, 2.75) is 38.3 Å². The number of carbonyl (C=O) groups excluding carboxylic acids is 2. The van der Waals surface area contributed by atoms with E-state index in [-0.39, 0.29) is 18.0 Å². The molecule has 35 heavy (non-hydrogen) atoms. The zero-order valence-corrected chi connectivity index (χ0v) is 21.3. The van der Waals surface area contributed by atoms with Crippen molar-refractivity contribution in [2.24, 2.45) is 0 Å². The zero-order valence-electron chi connectivity index (χ0n) is 19.8. The van der Waals surface area contributed by atoms with Crippen molar-refractivity contribution >= 4 is 40.9 Å². The maximum absolute atomic E-state index is 13.2. The zero-order chi connectivity index (χ0) is 24.6. The van der Waals surface area contributed by atoms with Gasteiger partial charge in [-0.1, -0.05) is 29.3 Å². The van der Waals surface area contributed by atoms with Crippen LogP contribution in [0.4, 0.5) is 10.5 Å². The SMILES string of the molecule is O=C(OCC1CCCN1)c1ccc(NC(=O)N(CCN2CCCC2)Cc2ccc(Cl)c(Cl)c2)cc1. The summed E-state index contributed by atoms with van der Waals surface area (Å²) >= 11 is 12.2. The molecule has 2 saturated heterocycles. The van der Waals surface area contributed by atoms with Crippen LogP contribution in [0.5, 0.6) is 0 Å². The number of hydrogen-bond donors (Lipinski definition) is 2. The normalized spacial score (nSPS) is 17.9. The number of amides is 2. The molecule has 2 aromatic carbocycles. The van der Waals surface area contributed by atoms with Crippen molar-refractivity contribution in [3.8, 4) is 0 Å². The highest BCUT2D eigenvalue weighted by Crippen LogP contribution is 2.23. The fraction of sp³-hybridized carbons (Fsp3) is 0.462. The summed E-state index contributed by atoms with van der Waals surface area (Å²) in [5.41, 5.74) is 1.98. The molecule has 0 aromatic heterocycles. The number of benzene rings is 2. The first-order chi connectivity index (χ1) is 17.0. The summed E-state index contributed by atoms with van der Waals surface area (Å²) in [5.74, 6) is -0.358. The van der Waals surface area contributed by atoms with E-state index >= 15 is 0 Å². The maximum atomic E-state index is 13.2. The number of anilines is 1. The van der Waals surface area contributed by atoms with Crippen LogP contribution in [0.2, 0.25) is 10.0 Å². The van der Waals surface area contributed by atoms with Crippen molar-refractivity contribution in [1.82, 2.24) is 15.1 Å². The van der Waals surface area contributed by atoms with Gasteiger partial charge in [0.1, 0.15) is 6.61 Å². The van der Waals surface area contributed by atoms with E-state index in [1.54, 1.807) is 41.3 Å². The molecule has 9 heteroatoms. The molecule has 2 aliphatic heterocycles. The lowest BCUT2D eigenvalue weighted by Crippen LogP contribution is -2.40. The van der Waals surface area contributed by atoms with Gasteiger partial charge in [0.2, 0.25) is 0 Å². The van der Waals surface area contributed by atoms with E-state index < -0.39 is 0 Å². The molecule has 0 saturated carbocycles. The topological polar surface area (TPSA) is 73.9 Å². The molecule has 188 valence electrons. The Labute approximate surface area is 216 Å². The van der Waals surface area contributed by atoms with Gasteiger partial charge in [0.15, 0.2) is 0 Å². The Balaban J connectivity index is 1.36. The number of ether oxygens (including phenoxy) is 1. The number of nitrogens with zero attached hydrogens (tertiary/aromatic N) is 2. The van der Waals surface area contributed by atoms with Gasteiger partial charge in [-0.25, -0.2) is 9.59 Å². The molecular formula is C26H32Cl2N4O3. The molecule has 0 bridgehead atoms. The van der Waals surface area contributed by atoms with Gasteiger partial charge >= 0.3 is 12.0 Å². The number of nitrogens with one attached hydrogen (secondary N) is 2. The number of urea groups is 1. The molecule has 2 heterocycles.